The monoisotopic (exact) mass is 303 g/mol. The van der Waals surface area contributed by atoms with Gasteiger partial charge in [0.2, 0.25) is 0 Å². The lowest BCUT2D eigenvalue weighted by Crippen LogP contribution is -2.48. The first-order valence-corrected chi connectivity index (χ1v) is 7.41. The Kier molecular flexibility index (Phi) is 6.45. The maximum absolute atomic E-state index is 10.8. The van der Waals surface area contributed by atoms with Crippen molar-refractivity contribution in [1.29, 1.82) is 0 Å². The summed E-state index contributed by atoms with van der Waals surface area (Å²) in [4.78, 5) is 2.21. The summed E-state index contributed by atoms with van der Waals surface area (Å²) in [6.07, 6.45) is 0.864. The lowest BCUT2D eigenvalue weighted by molar-refractivity contribution is -0.0116. The second-order valence-electron chi connectivity index (χ2n) is 5.32. The van der Waals surface area contributed by atoms with Crippen LogP contribution in [-0.4, -0.2) is 52.1 Å². The molecule has 0 saturated carbocycles. The Morgan fingerprint density at radius 3 is 2.55 bits per heavy atom. The summed E-state index contributed by atoms with van der Waals surface area (Å²) in [5.74, 6) is 0. The maximum atomic E-state index is 10.8. The van der Waals surface area contributed by atoms with Crippen LogP contribution in [0.4, 0.5) is 0 Å². The molecule has 0 amide bonds. The van der Waals surface area contributed by atoms with E-state index in [0.717, 1.165) is 13.1 Å². The van der Waals surface area contributed by atoms with Crippen molar-refractivity contribution in [2.45, 2.75) is 45.9 Å². The SMILES string of the molecule is CCN(CC)C(C)(C)C(O)c1c(Cl)cnn1CCOC. The Hall–Kier alpha value is -0.620. The van der Waals surface area contributed by atoms with Crippen LogP contribution in [0.15, 0.2) is 6.20 Å². The van der Waals surface area contributed by atoms with Crippen molar-refractivity contribution in [3.8, 4) is 0 Å². The minimum atomic E-state index is -0.714. The van der Waals surface area contributed by atoms with Gasteiger partial charge in [-0.15, -0.1) is 0 Å². The lowest BCUT2D eigenvalue weighted by Gasteiger charge is -2.41. The number of ether oxygens (including phenoxy) is 1. The minimum absolute atomic E-state index is 0.419. The molecular formula is C14H26ClN3O2. The fourth-order valence-corrected chi connectivity index (χ4v) is 2.79. The number of aromatic nitrogens is 2. The molecule has 0 radical (unpaired) electrons. The summed E-state index contributed by atoms with van der Waals surface area (Å²) in [6.45, 7) is 11.1. The Balaban J connectivity index is 3.06. The Bertz CT molecular complexity index is 417. The highest BCUT2D eigenvalue weighted by Crippen LogP contribution is 2.34. The topological polar surface area (TPSA) is 50.5 Å². The van der Waals surface area contributed by atoms with E-state index in [2.05, 4.69) is 23.8 Å². The van der Waals surface area contributed by atoms with Gasteiger partial charge in [0.15, 0.2) is 0 Å². The van der Waals surface area contributed by atoms with Crippen LogP contribution in [0.1, 0.15) is 39.5 Å². The van der Waals surface area contributed by atoms with E-state index in [1.165, 1.54) is 0 Å². The third-order valence-corrected chi connectivity index (χ3v) is 4.14. The van der Waals surface area contributed by atoms with E-state index in [1.54, 1.807) is 18.0 Å². The van der Waals surface area contributed by atoms with Gasteiger partial charge in [-0.3, -0.25) is 9.58 Å². The van der Waals surface area contributed by atoms with Crippen LogP contribution in [-0.2, 0) is 11.3 Å². The van der Waals surface area contributed by atoms with Crippen molar-refractivity contribution in [2.75, 3.05) is 26.8 Å². The number of hydrogen-bond acceptors (Lipinski definition) is 4. The Labute approximate surface area is 126 Å². The van der Waals surface area contributed by atoms with Gasteiger partial charge in [-0.2, -0.15) is 5.10 Å². The molecule has 6 heteroatoms. The first-order valence-electron chi connectivity index (χ1n) is 7.03. The van der Waals surface area contributed by atoms with Crippen molar-refractivity contribution < 1.29 is 9.84 Å². The predicted octanol–water partition coefficient (Wildman–Crippen LogP) is 2.34. The molecule has 1 unspecified atom stereocenters. The van der Waals surface area contributed by atoms with Gasteiger partial charge >= 0.3 is 0 Å². The van der Waals surface area contributed by atoms with Crippen molar-refractivity contribution in [1.82, 2.24) is 14.7 Å². The highest BCUT2D eigenvalue weighted by Gasteiger charge is 2.37. The summed E-state index contributed by atoms with van der Waals surface area (Å²) in [5.41, 5.74) is 0.235. The van der Waals surface area contributed by atoms with Gasteiger partial charge in [0.1, 0.15) is 6.10 Å². The molecule has 0 fully saturated rings. The minimum Gasteiger partial charge on any atom is -0.385 e. The van der Waals surface area contributed by atoms with E-state index >= 15 is 0 Å². The Morgan fingerprint density at radius 1 is 1.45 bits per heavy atom. The normalized spacial score (nSPS) is 14.0. The van der Waals surface area contributed by atoms with E-state index in [-0.39, 0.29) is 0 Å². The molecule has 5 nitrogen and oxygen atoms in total. The zero-order valence-corrected chi connectivity index (χ0v) is 13.8. The molecule has 0 bridgehead atoms. The summed E-state index contributed by atoms with van der Waals surface area (Å²) in [5, 5.41) is 15.5. The fourth-order valence-electron chi connectivity index (χ4n) is 2.55. The van der Waals surface area contributed by atoms with Crippen LogP contribution < -0.4 is 0 Å². The predicted molar refractivity (Wildman–Crippen MR) is 81.1 cm³/mol. The van der Waals surface area contributed by atoms with E-state index in [4.69, 9.17) is 16.3 Å². The molecule has 1 atom stereocenters. The van der Waals surface area contributed by atoms with Gasteiger partial charge < -0.3 is 9.84 Å². The average molecular weight is 304 g/mol. The number of hydrogen-bond donors (Lipinski definition) is 1. The zero-order chi connectivity index (χ0) is 15.3. The van der Waals surface area contributed by atoms with Crippen molar-refractivity contribution >= 4 is 11.6 Å². The number of nitrogens with zero attached hydrogens (tertiary/aromatic N) is 3. The highest BCUT2D eigenvalue weighted by atomic mass is 35.5. The van der Waals surface area contributed by atoms with Gasteiger partial charge in [0.05, 0.1) is 30.1 Å². The molecule has 0 spiro atoms. The van der Waals surface area contributed by atoms with Crippen LogP contribution in [0.25, 0.3) is 0 Å². The van der Waals surface area contributed by atoms with Crippen LogP contribution >= 0.6 is 11.6 Å². The molecule has 1 aromatic rings. The van der Waals surface area contributed by atoms with Gasteiger partial charge in [0.25, 0.3) is 0 Å². The van der Waals surface area contributed by atoms with E-state index in [1.807, 2.05) is 13.8 Å². The van der Waals surface area contributed by atoms with Crippen molar-refractivity contribution in [3.05, 3.63) is 16.9 Å². The molecule has 0 aliphatic rings. The first kappa shape index (κ1) is 17.4. The highest BCUT2D eigenvalue weighted by molar-refractivity contribution is 6.31. The van der Waals surface area contributed by atoms with E-state index in [0.29, 0.717) is 23.9 Å². The quantitative estimate of drug-likeness (QED) is 0.801. The van der Waals surface area contributed by atoms with Gasteiger partial charge in [-0.05, 0) is 26.9 Å². The fraction of sp³-hybridized carbons (Fsp3) is 0.786. The average Bonchev–Trinajstić information content (AvgIpc) is 2.77. The Morgan fingerprint density at radius 2 is 2.05 bits per heavy atom. The van der Waals surface area contributed by atoms with Crippen LogP contribution in [0.3, 0.4) is 0 Å². The summed E-state index contributed by atoms with van der Waals surface area (Å²) >= 11 is 6.21. The second-order valence-corrected chi connectivity index (χ2v) is 5.73. The van der Waals surface area contributed by atoms with E-state index < -0.39 is 11.6 Å². The summed E-state index contributed by atoms with van der Waals surface area (Å²) < 4.78 is 6.79. The van der Waals surface area contributed by atoms with Crippen LogP contribution in [0, 0.1) is 0 Å². The zero-order valence-electron chi connectivity index (χ0n) is 13.1. The maximum Gasteiger partial charge on any atom is 0.115 e. The largest absolute Gasteiger partial charge is 0.385 e. The number of halogens is 1. The molecule has 116 valence electrons. The number of aliphatic hydroxyl groups is 1. The summed E-state index contributed by atoms with van der Waals surface area (Å²) in [6, 6.07) is 0. The molecule has 1 heterocycles. The molecule has 1 N–H and O–H groups in total. The number of methoxy groups -OCH3 is 1. The molecule has 20 heavy (non-hydrogen) atoms. The van der Waals surface area contributed by atoms with Crippen LogP contribution in [0.5, 0.6) is 0 Å². The molecule has 0 aliphatic heterocycles. The van der Waals surface area contributed by atoms with Gasteiger partial charge in [-0.1, -0.05) is 25.4 Å². The van der Waals surface area contributed by atoms with Crippen molar-refractivity contribution in [2.24, 2.45) is 0 Å². The smallest absolute Gasteiger partial charge is 0.115 e. The van der Waals surface area contributed by atoms with Gasteiger partial charge in [0, 0.05) is 12.6 Å². The van der Waals surface area contributed by atoms with Crippen molar-refractivity contribution in [3.63, 3.8) is 0 Å². The summed E-state index contributed by atoms with van der Waals surface area (Å²) in [7, 11) is 1.64. The molecule has 0 aliphatic carbocycles. The van der Waals surface area contributed by atoms with Gasteiger partial charge in [-0.25, -0.2) is 0 Å². The van der Waals surface area contributed by atoms with Crippen LogP contribution in [0.2, 0.25) is 5.02 Å². The third kappa shape index (κ3) is 3.52. The number of likely N-dealkylation sites (N-methyl/N-ethyl adjacent to an activating group) is 1. The molecule has 0 aromatic carbocycles. The number of aliphatic hydroxyl groups excluding tert-OH is 1. The standard InChI is InChI=1S/C14H26ClN3O2/c1-6-17(7-2)14(3,4)13(19)12-11(15)10-16-18(12)8-9-20-5/h10,13,19H,6-9H2,1-5H3. The molecule has 1 rings (SSSR count). The number of rotatable bonds is 8. The molecule has 0 saturated heterocycles. The third-order valence-electron chi connectivity index (χ3n) is 3.85. The molecular weight excluding hydrogens is 278 g/mol. The first-order chi connectivity index (χ1) is 9.39. The lowest BCUT2D eigenvalue weighted by atomic mass is 9.92. The second kappa shape index (κ2) is 7.41. The van der Waals surface area contributed by atoms with E-state index in [9.17, 15) is 5.11 Å². The molecule has 1 aromatic heterocycles.